The van der Waals surface area contributed by atoms with E-state index in [-0.39, 0.29) is 22.2 Å². The Labute approximate surface area is 184 Å². The third-order valence-corrected chi connectivity index (χ3v) is 8.49. The highest BCUT2D eigenvalue weighted by Gasteiger charge is 2.26. The molecular weight excluding hydrogens is 438 g/mol. The Morgan fingerprint density at radius 2 is 1.97 bits per heavy atom. The van der Waals surface area contributed by atoms with Crippen LogP contribution in [0.2, 0.25) is 0 Å². The van der Waals surface area contributed by atoms with Crippen LogP contribution in [0.1, 0.15) is 27.0 Å². The van der Waals surface area contributed by atoms with Gasteiger partial charge in [0.15, 0.2) is 0 Å². The molecule has 0 fully saturated rings. The largest absolute Gasteiger partial charge is 0.367 e. The number of benzene rings is 1. The van der Waals surface area contributed by atoms with Gasteiger partial charge in [0.1, 0.15) is 9.77 Å². The van der Waals surface area contributed by atoms with Crippen LogP contribution in [0, 0.1) is 0 Å². The lowest BCUT2D eigenvalue weighted by atomic mass is 10.1. The Hall–Kier alpha value is -2.20. The van der Waals surface area contributed by atoms with Gasteiger partial charge in [0.05, 0.1) is 0 Å². The zero-order valence-electron chi connectivity index (χ0n) is 16.5. The minimum absolute atomic E-state index is 0.0291. The maximum Gasteiger partial charge on any atom is 0.262 e. The average Bonchev–Trinajstić information content (AvgIpc) is 3.47. The van der Waals surface area contributed by atoms with Crippen molar-refractivity contribution in [1.29, 1.82) is 0 Å². The van der Waals surface area contributed by atoms with E-state index in [0.717, 1.165) is 22.6 Å². The number of carbonyl (C=O) groups excluding carboxylic acids is 1. The van der Waals surface area contributed by atoms with Gasteiger partial charge >= 0.3 is 0 Å². The van der Waals surface area contributed by atoms with E-state index in [4.69, 9.17) is 0 Å². The summed E-state index contributed by atoms with van der Waals surface area (Å²) < 4.78 is 28.0. The summed E-state index contributed by atoms with van der Waals surface area (Å²) in [5.74, 6) is -0.360. The number of hydrogen-bond donors (Lipinski definition) is 2. The number of nitrogens with zero attached hydrogens (tertiary/aromatic N) is 1. The van der Waals surface area contributed by atoms with Gasteiger partial charge in [0, 0.05) is 36.2 Å². The number of thiophene rings is 2. The smallest absolute Gasteiger partial charge is 0.262 e. The Balaban J connectivity index is 1.37. The van der Waals surface area contributed by atoms with E-state index in [1.807, 2.05) is 29.6 Å². The number of sulfonamides is 1. The lowest BCUT2D eigenvalue weighted by Crippen LogP contribution is -2.38. The zero-order valence-corrected chi connectivity index (χ0v) is 18.9. The number of rotatable bonds is 8. The quantitative estimate of drug-likeness (QED) is 0.538. The van der Waals surface area contributed by atoms with Crippen molar-refractivity contribution in [3.63, 3.8) is 0 Å². The first-order valence-corrected chi connectivity index (χ1v) is 12.9. The highest BCUT2D eigenvalue weighted by atomic mass is 32.2. The van der Waals surface area contributed by atoms with Crippen molar-refractivity contribution in [3.05, 3.63) is 68.5 Å². The number of carbonyl (C=O) groups is 1. The number of hydrogen-bond acceptors (Lipinski definition) is 6. The third kappa shape index (κ3) is 4.44. The van der Waals surface area contributed by atoms with Gasteiger partial charge in [-0.05, 0) is 47.9 Å². The lowest BCUT2D eigenvalue weighted by Gasteiger charge is -2.25. The summed E-state index contributed by atoms with van der Waals surface area (Å²) in [6.07, 6.45) is 0.993. The van der Waals surface area contributed by atoms with E-state index in [1.54, 1.807) is 5.38 Å². The summed E-state index contributed by atoms with van der Waals surface area (Å²) in [6, 6.07) is 13.9. The molecule has 2 aromatic heterocycles. The van der Waals surface area contributed by atoms with E-state index in [0.29, 0.717) is 19.1 Å². The molecule has 1 amide bonds. The normalized spacial score (nSPS) is 15.9. The van der Waals surface area contributed by atoms with E-state index in [1.165, 1.54) is 28.7 Å². The van der Waals surface area contributed by atoms with Crippen LogP contribution in [-0.4, -0.2) is 33.5 Å². The van der Waals surface area contributed by atoms with Crippen molar-refractivity contribution in [2.75, 3.05) is 18.0 Å². The molecule has 3 heterocycles. The second-order valence-corrected chi connectivity index (χ2v) is 10.8. The van der Waals surface area contributed by atoms with Crippen LogP contribution in [0.4, 0.5) is 5.69 Å². The van der Waals surface area contributed by atoms with Crippen molar-refractivity contribution in [1.82, 2.24) is 10.0 Å². The first-order chi connectivity index (χ1) is 14.5. The minimum Gasteiger partial charge on any atom is -0.367 e. The summed E-state index contributed by atoms with van der Waals surface area (Å²) in [7, 11) is -3.76. The Kier molecular flexibility index (Phi) is 6.24. The number of nitrogens with one attached hydrogen (secondary N) is 2. The molecule has 0 bridgehead atoms. The van der Waals surface area contributed by atoms with Crippen molar-refractivity contribution < 1.29 is 13.2 Å². The molecular formula is C21H23N3O3S3. The third-order valence-electron chi connectivity index (χ3n) is 5.13. The maximum atomic E-state index is 12.7. The van der Waals surface area contributed by atoms with Crippen LogP contribution < -0.4 is 14.9 Å². The molecule has 1 aromatic carbocycles. The summed E-state index contributed by atoms with van der Waals surface area (Å²) in [6.45, 7) is 3.50. The fourth-order valence-corrected chi connectivity index (χ4v) is 6.76. The fourth-order valence-electron chi connectivity index (χ4n) is 3.67. The number of amides is 1. The van der Waals surface area contributed by atoms with Crippen molar-refractivity contribution in [2.24, 2.45) is 0 Å². The molecule has 0 saturated heterocycles. The zero-order chi connectivity index (χ0) is 21.1. The maximum absolute atomic E-state index is 12.7. The Bertz CT molecular complexity index is 1120. The minimum atomic E-state index is -3.76. The van der Waals surface area contributed by atoms with Crippen molar-refractivity contribution in [2.45, 2.75) is 30.8 Å². The van der Waals surface area contributed by atoms with Crippen molar-refractivity contribution >= 4 is 44.3 Å². The molecule has 1 unspecified atom stereocenters. The molecule has 9 heteroatoms. The topological polar surface area (TPSA) is 78.5 Å². The second-order valence-electron chi connectivity index (χ2n) is 7.15. The standard InChI is InChI=1S/C21H23N3O3S3/c1-15-13-16-5-2-3-7-18(16)24(15)10-9-22-21(25)20-19(8-12-29-20)30(26,27)23-14-17-6-4-11-28-17/h2-8,11-12,15,23H,9-10,13-14H2,1H3,(H,22,25). The van der Waals surface area contributed by atoms with Gasteiger partial charge in [0.2, 0.25) is 10.0 Å². The van der Waals surface area contributed by atoms with E-state index in [9.17, 15) is 13.2 Å². The van der Waals surface area contributed by atoms with Gasteiger partial charge in [0.25, 0.3) is 5.91 Å². The molecule has 3 aromatic rings. The molecule has 0 spiro atoms. The SMILES string of the molecule is CC1Cc2ccccc2N1CCNC(=O)c1sccc1S(=O)(=O)NCc1cccs1. The molecule has 158 valence electrons. The van der Waals surface area contributed by atoms with Crippen LogP contribution in [-0.2, 0) is 23.0 Å². The second kappa shape index (κ2) is 8.89. The Morgan fingerprint density at radius 3 is 2.77 bits per heavy atom. The predicted molar refractivity (Wildman–Crippen MR) is 122 cm³/mol. The number of fused-ring (bicyclic) bond motifs is 1. The van der Waals surface area contributed by atoms with Crippen LogP contribution >= 0.6 is 22.7 Å². The van der Waals surface area contributed by atoms with E-state index < -0.39 is 10.0 Å². The highest BCUT2D eigenvalue weighted by molar-refractivity contribution is 7.89. The average molecular weight is 462 g/mol. The van der Waals surface area contributed by atoms with Crippen LogP contribution in [0.25, 0.3) is 0 Å². The van der Waals surface area contributed by atoms with E-state index >= 15 is 0 Å². The molecule has 0 saturated carbocycles. The van der Waals surface area contributed by atoms with Gasteiger partial charge in [-0.25, -0.2) is 13.1 Å². The van der Waals surface area contributed by atoms with Gasteiger partial charge < -0.3 is 10.2 Å². The molecule has 0 aliphatic carbocycles. The lowest BCUT2D eigenvalue weighted by molar-refractivity contribution is 0.0955. The van der Waals surface area contributed by atoms with Gasteiger partial charge in [-0.3, -0.25) is 4.79 Å². The monoisotopic (exact) mass is 461 g/mol. The molecule has 1 aliphatic rings. The Morgan fingerprint density at radius 1 is 1.13 bits per heavy atom. The number of para-hydroxylation sites is 1. The van der Waals surface area contributed by atoms with Gasteiger partial charge in [-0.2, -0.15) is 0 Å². The van der Waals surface area contributed by atoms with Crippen LogP contribution in [0.15, 0.2) is 58.1 Å². The van der Waals surface area contributed by atoms with Crippen LogP contribution in [0.3, 0.4) is 0 Å². The molecule has 30 heavy (non-hydrogen) atoms. The summed E-state index contributed by atoms with van der Waals surface area (Å²) in [5, 5.41) is 6.41. The van der Waals surface area contributed by atoms with Gasteiger partial charge in [-0.1, -0.05) is 24.3 Å². The summed E-state index contributed by atoms with van der Waals surface area (Å²) in [4.78, 5) is 16.1. The summed E-state index contributed by atoms with van der Waals surface area (Å²) in [5.41, 5.74) is 2.52. The molecule has 4 rings (SSSR count). The van der Waals surface area contributed by atoms with Crippen molar-refractivity contribution in [3.8, 4) is 0 Å². The molecule has 1 atom stereocenters. The summed E-state index contributed by atoms with van der Waals surface area (Å²) >= 11 is 2.62. The first kappa shape index (κ1) is 21.0. The number of anilines is 1. The predicted octanol–water partition coefficient (Wildman–Crippen LogP) is 3.47. The van der Waals surface area contributed by atoms with Crippen LogP contribution in [0.5, 0.6) is 0 Å². The molecule has 2 N–H and O–H groups in total. The fraction of sp³-hybridized carbons (Fsp3) is 0.286. The first-order valence-electron chi connectivity index (χ1n) is 9.68. The molecule has 6 nitrogen and oxygen atoms in total. The van der Waals surface area contributed by atoms with Gasteiger partial charge in [-0.15, -0.1) is 22.7 Å². The van der Waals surface area contributed by atoms with E-state index in [2.05, 4.69) is 34.0 Å². The highest BCUT2D eigenvalue weighted by Crippen LogP contribution is 2.31. The molecule has 0 radical (unpaired) electrons. The molecule has 1 aliphatic heterocycles.